The zero-order chi connectivity index (χ0) is 21.9. The van der Waals surface area contributed by atoms with Crippen molar-refractivity contribution in [2.24, 2.45) is 7.05 Å². The Bertz CT molecular complexity index is 1330. The molecular weight excluding hydrogens is 424 g/mol. The fourth-order valence-corrected chi connectivity index (χ4v) is 4.17. The van der Waals surface area contributed by atoms with Gasteiger partial charge in [0.15, 0.2) is 4.77 Å². The van der Waals surface area contributed by atoms with Crippen molar-refractivity contribution in [3.8, 4) is 0 Å². The molecule has 0 spiro atoms. The van der Waals surface area contributed by atoms with Crippen LogP contribution in [0.3, 0.4) is 0 Å². The van der Waals surface area contributed by atoms with Gasteiger partial charge in [0.1, 0.15) is 0 Å². The highest BCUT2D eigenvalue weighted by Crippen LogP contribution is 2.17. The first-order chi connectivity index (χ1) is 14.2. The molecule has 0 bridgehead atoms. The first kappa shape index (κ1) is 21.9. The molecule has 0 aliphatic rings. The third-order valence-corrected chi connectivity index (χ3v) is 6.42. The summed E-state index contributed by atoms with van der Waals surface area (Å²) in [5.41, 5.74) is 0.840. The number of nitrogens with one attached hydrogen (secondary N) is 3. The van der Waals surface area contributed by atoms with E-state index in [1.807, 2.05) is 6.92 Å². The molecule has 0 radical (unpaired) electrons. The number of carbonyl (C=O) groups excluding carboxylic acids is 1. The number of hydrogen-bond donors (Lipinski definition) is 3. The summed E-state index contributed by atoms with van der Waals surface area (Å²) >= 11 is 5.11. The van der Waals surface area contributed by atoms with Gasteiger partial charge in [-0.15, -0.1) is 0 Å². The number of sulfonamides is 1. The van der Waals surface area contributed by atoms with Crippen LogP contribution in [0.1, 0.15) is 30.1 Å². The van der Waals surface area contributed by atoms with Crippen molar-refractivity contribution in [1.29, 1.82) is 0 Å². The van der Waals surface area contributed by atoms with Crippen LogP contribution in [0.5, 0.6) is 0 Å². The normalized spacial score (nSPS) is 11.5. The molecule has 30 heavy (non-hydrogen) atoms. The second-order valence-electron chi connectivity index (χ2n) is 6.79. The number of hydrogen-bond acceptors (Lipinski definition) is 5. The summed E-state index contributed by atoms with van der Waals surface area (Å²) in [6, 6.07) is 10.7. The average Bonchev–Trinajstić information content (AvgIpc) is 2.72. The van der Waals surface area contributed by atoms with Gasteiger partial charge >= 0.3 is 0 Å². The molecule has 3 N–H and O–H groups in total. The van der Waals surface area contributed by atoms with E-state index in [1.165, 1.54) is 28.8 Å². The van der Waals surface area contributed by atoms with Crippen molar-refractivity contribution < 1.29 is 13.2 Å². The Balaban J connectivity index is 1.85. The quantitative estimate of drug-likeness (QED) is 0.382. The molecule has 158 valence electrons. The van der Waals surface area contributed by atoms with Crippen LogP contribution in [0, 0.1) is 4.77 Å². The number of benzene rings is 2. The smallest absolute Gasteiger partial charge is 0.261 e. The maximum atomic E-state index is 12.7. The van der Waals surface area contributed by atoms with Crippen LogP contribution in [-0.2, 0) is 17.1 Å². The molecule has 0 aliphatic carbocycles. The number of amides is 1. The molecule has 3 aromatic rings. The van der Waals surface area contributed by atoms with Gasteiger partial charge in [0, 0.05) is 24.8 Å². The number of carbonyl (C=O) groups is 1. The van der Waals surface area contributed by atoms with E-state index in [9.17, 15) is 18.0 Å². The van der Waals surface area contributed by atoms with E-state index in [1.54, 1.807) is 25.2 Å². The predicted octanol–water partition coefficient (Wildman–Crippen LogP) is 2.93. The van der Waals surface area contributed by atoms with Crippen molar-refractivity contribution >= 4 is 44.7 Å². The lowest BCUT2D eigenvalue weighted by Crippen LogP contribution is -2.24. The lowest BCUT2D eigenvalue weighted by atomic mass is 10.1. The van der Waals surface area contributed by atoms with Crippen LogP contribution >= 0.6 is 12.2 Å². The number of aromatic amines is 1. The van der Waals surface area contributed by atoms with E-state index < -0.39 is 15.9 Å². The van der Waals surface area contributed by atoms with Crippen LogP contribution in [0.2, 0.25) is 0 Å². The summed E-state index contributed by atoms with van der Waals surface area (Å²) < 4.78 is 28.9. The first-order valence-corrected chi connectivity index (χ1v) is 11.3. The van der Waals surface area contributed by atoms with Gasteiger partial charge in [-0.3, -0.25) is 14.2 Å². The molecular formula is C20H22N4O4S2. The average molecular weight is 447 g/mol. The molecule has 0 unspecified atom stereocenters. The first-order valence-electron chi connectivity index (χ1n) is 9.37. The minimum Gasteiger partial charge on any atom is -0.332 e. The maximum Gasteiger partial charge on any atom is 0.261 e. The van der Waals surface area contributed by atoms with Crippen LogP contribution in [0.25, 0.3) is 10.9 Å². The zero-order valence-electron chi connectivity index (χ0n) is 16.6. The number of nitrogens with zero attached hydrogens (tertiary/aromatic N) is 1. The highest BCUT2D eigenvalue weighted by atomic mass is 32.2. The number of rotatable bonds is 7. The van der Waals surface area contributed by atoms with E-state index in [2.05, 4.69) is 15.0 Å². The summed E-state index contributed by atoms with van der Waals surface area (Å²) in [7, 11) is -2.08. The van der Waals surface area contributed by atoms with Crippen molar-refractivity contribution in [1.82, 2.24) is 14.3 Å². The SMILES string of the molecule is CCCCNS(=O)(=O)c1cccc(NC(=O)c2ccc3c(=O)n(C)c(=S)[nH]c3c2)c1. The second kappa shape index (κ2) is 8.90. The molecule has 1 aromatic heterocycles. The molecule has 0 aliphatic heterocycles. The topological polar surface area (TPSA) is 113 Å². The minimum absolute atomic E-state index is 0.0718. The largest absolute Gasteiger partial charge is 0.332 e. The van der Waals surface area contributed by atoms with Gasteiger partial charge in [0.25, 0.3) is 11.5 Å². The number of H-pyrrole nitrogens is 1. The van der Waals surface area contributed by atoms with Gasteiger partial charge in [-0.05, 0) is 55.0 Å². The Kier molecular flexibility index (Phi) is 6.49. The van der Waals surface area contributed by atoms with Gasteiger partial charge in [-0.25, -0.2) is 13.1 Å². The molecule has 2 aromatic carbocycles. The van der Waals surface area contributed by atoms with Crippen molar-refractivity contribution in [2.45, 2.75) is 24.7 Å². The predicted molar refractivity (Wildman–Crippen MR) is 119 cm³/mol. The molecule has 10 heteroatoms. The Morgan fingerprint density at radius 3 is 2.70 bits per heavy atom. The minimum atomic E-state index is -3.65. The molecule has 3 rings (SSSR count). The third kappa shape index (κ3) is 4.66. The maximum absolute atomic E-state index is 12.7. The van der Waals surface area contributed by atoms with Crippen molar-refractivity contribution in [3.05, 3.63) is 63.2 Å². The number of unbranched alkanes of at least 4 members (excludes halogenated alkanes) is 1. The summed E-state index contributed by atoms with van der Waals surface area (Å²) in [5.74, 6) is -0.439. The number of anilines is 1. The Morgan fingerprint density at radius 1 is 1.20 bits per heavy atom. The molecule has 0 saturated heterocycles. The zero-order valence-corrected chi connectivity index (χ0v) is 18.2. The monoisotopic (exact) mass is 446 g/mol. The summed E-state index contributed by atoms with van der Waals surface area (Å²) in [4.78, 5) is 27.9. The number of fused-ring (bicyclic) bond motifs is 1. The van der Waals surface area contributed by atoms with E-state index in [-0.39, 0.29) is 15.2 Å². The molecule has 1 amide bonds. The summed E-state index contributed by atoms with van der Waals surface area (Å²) in [6.45, 7) is 2.33. The van der Waals surface area contributed by atoms with Gasteiger partial charge in [-0.1, -0.05) is 19.4 Å². The van der Waals surface area contributed by atoms with Crippen molar-refractivity contribution in [2.75, 3.05) is 11.9 Å². The fraction of sp³-hybridized carbons (Fsp3) is 0.250. The van der Waals surface area contributed by atoms with Crippen LogP contribution in [0.4, 0.5) is 5.69 Å². The summed E-state index contributed by atoms with van der Waals surface area (Å²) in [5, 5.41) is 3.10. The van der Waals surface area contributed by atoms with Gasteiger partial charge in [0.2, 0.25) is 10.0 Å². The van der Waals surface area contributed by atoms with Gasteiger partial charge in [0.05, 0.1) is 15.8 Å². The lowest BCUT2D eigenvalue weighted by molar-refractivity contribution is 0.102. The molecule has 0 atom stereocenters. The van der Waals surface area contributed by atoms with Gasteiger partial charge in [-0.2, -0.15) is 0 Å². The standard InChI is InChI=1S/C20H22N4O4S2/c1-3-4-10-21-30(27,28)15-7-5-6-14(12-15)22-18(25)13-8-9-16-17(11-13)23-20(29)24(2)19(16)26/h5-9,11-12,21H,3-4,10H2,1-2H3,(H,22,25)(H,23,29). The van der Waals surface area contributed by atoms with Crippen LogP contribution in [-0.4, -0.2) is 30.4 Å². The molecule has 8 nitrogen and oxygen atoms in total. The Morgan fingerprint density at radius 2 is 1.97 bits per heavy atom. The van der Waals surface area contributed by atoms with Crippen LogP contribution in [0.15, 0.2) is 52.2 Å². The molecule has 0 saturated carbocycles. The fourth-order valence-electron chi connectivity index (χ4n) is 2.86. The highest BCUT2D eigenvalue weighted by molar-refractivity contribution is 7.89. The van der Waals surface area contributed by atoms with E-state index in [4.69, 9.17) is 12.2 Å². The summed E-state index contributed by atoms with van der Waals surface area (Å²) in [6.07, 6.45) is 1.62. The Labute approximate surface area is 179 Å². The van der Waals surface area contributed by atoms with E-state index >= 15 is 0 Å². The second-order valence-corrected chi connectivity index (χ2v) is 8.94. The van der Waals surface area contributed by atoms with Crippen molar-refractivity contribution in [3.63, 3.8) is 0 Å². The highest BCUT2D eigenvalue weighted by Gasteiger charge is 2.15. The molecule has 0 fully saturated rings. The van der Waals surface area contributed by atoms with Gasteiger partial charge < -0.3 is 10.3 Å². The Hall–Kier alpha value is -2.82. The van der Waals surface area contributed by atoms with E-state index in [0.717, 1.165) is 12.8 Å². The number of aromatic nitrogens is 2. The van der Waals surface area contributed by atoms with E-state index in [0.29, 0.717) is 28.7 Å². The van der Waals surface area contributed by atoms with Crippen LogP contribution < -0.4 is 15.6 Å². The molecule has 1 heterocycles. The lowest BCUT2D eigenvalue weighted by Gasteiger charge is -2.10. The third-order valence-electron chi connectivity index (χ3n) is 4.59.